The molecule has 1 aromatic heterocycles. The lowest BCUT2D eigenvalue weighted by Crippen LogP contribution is -2.48. The largest absolute Gasteiger partial charge is 0.481 e. The molecule has 8 nitrogen and oxygen atoms in total. The average molecular weight is 398 g/mol. The number of pyridine rings is 1. The quantitative estimate of drug-likeness (QED) is 0.631. The number of hydrogen-bond acceptors (Lipinski definition) is 5. The molecule has 1 atom stereocenters. The lowest BCUT2D eigenvalue weighted by atomic mass is 9.94. The molecule has 0 spiro atoms. The first-order valence-electron chi connectivity index (χ1n) is 9.90. The van der Waals surface area contributed by atoms with Crippen molar-refractivity contribution in [2.24, 2.45) is 5.92 Å². The van der Waals surface area contributed by atoms with Gasteiger partial charge >= 0.3 is 5.97 Å². The molecule has 1 saturated heterocycles. The minimum atomic E-state index is -1.08. The van der Waals surface area contributed by atoms with E-state index in [1.165, 1.54) is 0 Å². The number of hydrogen-bond donors (Lipinski definition) is 2. The first kappa shape index (κ1) is 20.6. The van der Waals surface area contributed by atoms with Gasteiger partial charge in [0.05, 0.1) is 13.0 Å². The van der Waals surface area contributed by atoms with Crippen molar-refractivity contribution in [3.8, 4) is 12.3 Å². The molecular formula is C21H26N4O4. The van der Waals surface area contributed by atoms with E-state index in [0.717, 1.165) is 44.5 Å². The summed E-state index contributed by atoms with van der Waals surface area (Å²) in [6, 6.07) is 3.14. The summed E-state index contributed by atoms with van der Waals surface area (Å²) >= 11 is 0. The number of carbonyl (C=O) groups is 3. The van der Waals surface area contributed by atoms with E-state index in [2.05, 4.69) is 21.1 Å². The van der Waals surface area contributed by atoms with Crippen molar-refractivity contribution in [2.75, 3.05) is 24.5 Å². The van der Waals surface area contributed by atoms with Crippen LogP contribution in [0.2, 0.25) is 0 Å². The van der Waals surface area contributed by atoms with Crippen LogP contribution in [0.25, 0.3) is 0 Å². The molecule has 1 aromatic rings. The molecule has 1 aliphatic heterocycles. The summed E-state index contributed by atoms with van der Waals surface area (Å²) in [6.45, 7) is 1.48. The Morgan fingerprint density at radius 1 is 1.24 bits per heavy atom. The van der Waals surface area contributed by atoms with E-state index in [4.69, 9.17) is 11.5 Å². The van der Waals surface area contributed by atoms with Gasteiger partial charge in [-0.1, -0.05) is 5.92 Å². The van der Waals surface area contributed by atoms with Crippen LogP contribution in [0.3, 0.4) is 0 Å². The van der Waals surface area contributed by atoms with Gasteiger partial charge in [-0.15, -0.1) is 6.42 Å². The second-order valence-electron chi connectivity index (χ2n) is 7.55. The van der Waals surface area contributed by atoms with Crippen LogP contribution in [0.5, 0.6) is 0 Å². The SMILES string of the molecule is C#CC(CC(=O)O)NC(=O)CN(C(=O)C1CCN(c2ccncc2)CC1)C1CC1. The summed E-state index contributed by atoms with van der Waals surface area (Å²) in [5.41, 5.74) is 1.10. The van der Waals surface area contributed by atoms with Crippen LogP contribution in [0.4, 0.5) is 5.69 Å². The maximum absolute atomic E-state index is 13.1. The molecule has 1 saturated carbocycles. The van der Waals surface area contributed by atoms with E-state index >= 15 is 0 Å². The lowest BCUT2D eigenvalue weighted by Gasteiger charge is -2.35. The van der Waals surface area contributed by atoms with Gasteiger partial charge in [-0.25, -0.2) is 0 Å². The predicted molar refractivity (Wildman–Crippen MR) is 107 cm³/mol. The van der Waals surface area contributed by atoms with E-state index in [0.29, 0.717) is 0 Å². The van der Waals surface area contributed by atoms with Crippen molar-refractivity contribution in [1.82, 2.24) is 15.2 Å². The first-order valence-corrected chi connectivity index (χ1v) is 9.90. The number of carboxylic acid groups (broad SMARTS) is 1. The van der Waals surface area contributed by atoms with Crippen LogP contribution in [0.1, 0.15) is 32.1 Å². The highest BCUT2D eigenvalue weighted by Gasteiger charge is 2.38. The number of terminal acetylenes is 1. The molecule has 2 amide bonds. The third kappa shape index (κ3) is 5.70. The number of aromatic nitrogens is 1. The minimum Gasteiger partial charge on any atom is -0.481 e. The summed E-state index contributed by atoms with van der Waals surface area (Å²) in [6.07, 6.45) is 11.7. The molecule has 154 valence electrons. The number of piperidine rings is 1. The number of nitrogens with zero attached hydrogens (tertiary/aromatic N) is 3. The van der Waals surface area contributed by atoms with Crippen molar-refractivity contribution < 1.29 is 19.5 Å². The zero-order chi connectivity index (χ0) is 20.8. The third-order valence-corrected chi connectivity index (χ3v) is 5.37. The third-order valence-electron chi connectivity index (χ3n) is 5.37. The van der Waals surface area contributed by atoms with Gasteiger partial charge in [0.1, 0.15) is 6.04 Å². The number of anilines is 1. The standard InChI is InChI=1S/C21H26N4O4/c1-2-16(13-20(27)28)23-19(26)14-25(18-3-4-18)21(29)15-7-11-24(12-8-15)17-5-9-22-10-6-17/h1,5-6,9-10,15-16,18H,3-4,7-8,11-14H2,(H,23,26)(H,27,28). The second kappa shape index (κ2) is 9.41. The zero-order valence-corrected chi connectivity index (χ0v) is 16.3. The summed E-state index contributed by atoms with van der Waals surface area (Å²) in [5, 5.41) is 11.4. The Bertz CT molecular complexity index is 780. The van der Waals surface area contributed by atoms with Gasteiger partial charge in [-0.05, 0) is 37.8 Å². The Kier molecular flexibility index (Phi) is 6.70. The Morgan fingerprint density at radius 3 is 2.45 bits per heavy atom. The van der Waals surface area contributed by atoms with E-state index in [1.54, 1.807) is 17.3 Å². The Morgan fingerprint density at radius 2 is 1.90 bits per heavy atom. The fraction of sp³-hybridized carbons (Fsp3) is 0.524. The molecule has 3 rings (SSSR count). The van der Waals surface area contributed by atoms with Crippen LogP contribution in [0.15, 0.2) is 24.5 Å². The van der Waals surface area contributed by atoms with E-state index in [-0.39, 0.29) is 30.8 Å². The molecule has 2 heterocycles. The fourth-order valence-corrected chi connectivity index (χ4v) is 3.67. The molecule has 0 radical (unpaired) electrons. The number of amides is 2. The van der Waals surface area contributed by atoms with Gasteiger partial charge in [0, 0.05) is 43.1 Å². The zero-order valence-electron chi connectivity index (χ0n) is 16.3. The molecule has 2 aliphatic rings. The van der Waals surface area contributed by atoms with Crippen LogP contribution in [0, 0.1) is 18.3 Å². The predicted octanol–water partition coefficient (Wildman–Crippen LogP) is 0.882. The second-order valence-corrected chi connectivity index (χ2v) is 7.55. The van der Waals surface area contributed by atoms with Gasteiger partial charge in [0.25, 0.3) is 0 Å². The minimum absolute atomic E-state index is 0.00696. The highest BCUT2D eigenvalue weighted by molar-refractivity contribution is 5.87. The topological polar surface area (TPSA) is 103 Å². The number of carbonyl (C=O) groups excluding carboxylic acids is 2. The maximum Gasteiger partial charge on any atom is 0.306 e. The summed E-state index contributed by atoms with van der Waals surface area (Å²) < 4.78 is 0. The summed E-state index contributed by atoms with van der Waals surface area (Å²) in [5.74, 6) is 0.676. The van der Waals surface area contributed by atoms with Gasteiger partial charge in [-0.2, -0.15) is 0 Å². The monoisotopic (exact) mass is 398 g/mol. The van der Waals surface area contributed by atoms with Crippen molar-refractivity contribution in [2.45, 2.75) is 44.2 Å². The highest BCUT2D eigenvalue weighted by Crippen LogP contribution is 2.31. The Labute approximate surface area is 170 Å². The van der Waals surface area contributed by atoms with E-state index in [9.17, 15) is 14.4 Å². The van der Waals surface area contributed by atoms with Crippen LogP contribution in [-0.4, -0.2) is 64.5 Å². The Balaban J connectivity index is 1.54. The lowest BCUT2D eigenvalue weighted by molar-refractivity contribution is -0.141. The molecule has 1 aliphatic carbocycles. The van der Waals surface area contributed by atoms with Crippen molar-refractivity contribution in [3.63, 3.8) is 0 Å². The van der Waals surface area contributed by atoms with Crippen LogP contribution >= 0.6 is 0 Å². The van der Waals surface area contributed by atoms with E-state index < -0.39 is 17.9 Å². The van der Waals surface area contributed by atoms with Crippen LogP contribution < -0.4 is 10.2 Å². The normalized spacial score (nSPS) is 17.8. The first-order chi connectivity index (χ1) is 14.0. The number of nitrogens with one attached hydrogen (secondary N) is 1. The molecule has 29 heavy (non-hydrogen) atoms. The van der Waals surface area contributed by atoms with Gasteiger partial charge in [-0.3, -0.25) is 19.4 Å². The van der Waals surface area contributed by atoms with Gasteiger partial charge in [0.2, 0.25) is 11.8 Å². The number of rotatable bonds is 8. The van der Waals surface area contributed by atoms with Crippen molar-refractivity contribution in [3.05, 3.63) is 24.5 Å². The number of aliphatic carboxylic acids is 1. The Hall–Kier alpha value is -3.08. The van der Waals surface area contributed by atoms with Crippen molar-refractivity contribution in [1.29, 1.82) is 0 Å². The molecular weight excluding hydrogens is 372 g/mol. The van der Waals surface area contributed by atoms with Crippen molar-refractivity contribution >= 4 is 23.5 Å². The summed E-state index contributed by atoms with van der Waals surface area (Å²) in [7, 11) is 0. The molecule has 0 aromatic carbocycles. The average Bonchev–Trinajstić information content (AvgIpc) is 3.56. The van der Waals surface area contributed by atoms with Gasteiger partial charge < -0.3 is 20.2 Å². The molecule has 8 heteroatoms. The smallest absolute Gasteiger partial charge is 0.306 e. The van der Waals surface area contributed by atoms with E-state index in [1.807, 2.05) is 12.1 Å². The highest BCUT2D eigenvalue weighted by atomic mass is 16.4. The summed E-state index contributed by atoms with van der Waals surface area (Å²) in [4.78, 5) is 44.2. The fourth-order valence-electron chi connectivity index (χ4n) is 3.67. The maximum atomic E-state index is 13.1. The number of carboxylic acids is 1. The molecule has 2 fully saturated rings. The molecule has 2 N–H and O–H groups in total. The van der Waals surface area contributed by atoms with Gasteiger partial charge in [0.15, 0.2) is 0 Å². The van der Waals surface area contributed by atoms with Crippen LogP contribution in [-0.2, 0) is 14.4 Å². The molecule has 0 bridgehead atoms. The molecule has 1 unspecified atom stereocenters.